The van der Waals surface area contributed by atoms with E-state index in [1.54, 1.807) is 40.0 Å². The molecule has 2 heterocycles. The molecule has 3 fully saturated rings. The highest BCUT2D eigenvalue weighted by molar-refractivity contribution is 7.91. The van der Waals surface area contributed by atoms with Crippen molar-refractivity contribution in [2.45, 2.75) is 108 Å². The molecule has 6 rings (SSSR count). The molecule has 2 aromatic carbocycles. The maximum absolute atomic E-state index is 14.5. The molecule has 1 saturated heterocycles. The van der Waals surface area contributed by atoms with Gasteiger partial charge in [0.2, 0.25) is 21.8 Å². The highest BCUT2D eigenvalue weighted by atomic mass is 32.2. The Labute approximate surface area is 315 Å². The molecule has 2 aliphatic carbocycles. The van der Waals surface area contributed by atoms with Gasteiger partial charge in [-0.1, -0.05) is 50.6 Å². The molecule has 0 unspecified atom stereocenters. The Hall–Kier alpha value is -4.92. The number of sulfonamides is 1. The Kier molecular flexibility index (Phi) is 10.8. The van der Waals surface area contributed by atoms with Gasteiger partial charge in [0.15, 0.2) is 0 Å². The lowest BCUT2D eigenvalue weighted by Gasteiger charge is -2.32. The Balaban J connectivity index is 1.31. The molecule has 0 radical (unpaired) electrons. The van der Waals surface area contributed by atoms with Crippen molar-refractivity contribution in [3.8, 4) is 22.8 Å². The number of nitrogens with zero attached hydrogens (tertiary/aromatic N) is 2. The molecular formula is C39H49N5O9S. The van der Waals surface area contributed by atoms with Crippen LogP contribution in [0.3, 0.4) is 0 Å². The molecule has 2 saturated carbocycles. The van der Waals surface area contributed by atoms with Crippen LogP contribution in [0.4, 0.5) is 4.79 Å². The number of fused-ring (bicyclic) bond motifs is 1. The van der Waals surface area contributed by atoms with Crippen molar-refractivity contribution in [1.82, 2.24) is 25.2 Å². The summed E-state index contributed by atoms with van der Waals surface area (Å²) in [6, 6.07) is 14.7. The molecule has 15 heteroatoms. The van der Waals surface area contributed by atoms with E-state index in [-0.39, 0.29) is 31.7 Å². The number of likely N-dealkylation sites (tertiary alicyclic amines) is 1. The summed E-state index contributed by atoms with van der Waals surface area (Å²) in [6.07, 6.45) is 0.562. The summed E-state index contributed by atoms with van der Waals surface area (Å²) in [5.74, 6) is -1.18. The minimum Gasteiger partial charge on any atom is -0.497 e. The predicted octanol–water partition coefficient (Wildman–Crippen LogP) is 4.46. The molecule has 4 amide bonds. The minimum absolute atomic E-state index is 0.0181. The van der Waals surface area contributed by atoms with Gasteiger partial charge in [0, 0.05) is 29.5 Å². The van der Waals surface area contributed by atoms with Crippen LogP contribution in [0.5, 0.6) is 11.5 Å². The van der Waals surface area contributed by atoms with Crippen LogP contribution in [-0.4, -0.2) is 90.3 Å². The first-order chi connectivity index (χ1) is 25.5. The number of carbonyl (C=O) groups is 4. The van der Waals surface area contributed by atoms with Gasteiger partial charge in [-0.25, -0.2) is 18.2 Å². The third kappa shape index (κ3) is 8.72. The zero-order valence-corrected chi connectivity index (χ0v) is 32.3. The summed E-state index contributed by atoms with van der Waals surface area (Å²) in [5.41, 5.74) is -0.110. The van der Waals surface area contributed by atoms with Crippen LogP contribution in [-0.2, 0) is 29.1 Å². The predicted molar refractivity (Wildman–Crippen MR) is 201 cm³/mol. The van der Waals surface area contributed by atoms with Gasteiger partial charge >= 0.3 is 6.09 Å². The lowest BCUT2D eigenvalue weighted by molar-refractivity contribution is -0.142. The summed E-state index contributed by atoms with van der Waals surface area (Å²) >= 11 is 0. The number of ether oxygens (including phenoxy) is 3. The summed E-state index contributed by atoms with van der Waals surface area (Å²) in [5, 5.41) is 5.59. The smallest absolute Gasteiger partial charge is 0.408 e. The van der Waals surface area contributed by atoms with E-state index in [2.05, 4.69) is 15.4 Å². The number of hydrogen-bond acceptors (Lipinski definition) is 10. The monoisotopic (exact) mass is 763 g/mol. The molecule has 1 aliphatic heterocycles. The quantitative estimate of drug-likeness (QED) is 0.225. The van der Waals surface area contributed by atoms with Gasteiger partial charge in [0.1, 0.15) is 40.8 Å². The van der Waals surface area contributed by atoms with Gasteiger partial charge in [-0.2, -0.15) is 0 Å². The van der Waals surface area contributed by atoms with Crippen molar-refractivity contribution >= 4 is 44.7 Å². The normalized spacial score (nSPS) is 20.4. The van der Waals surface area contributed by atoms with Crippen LogP contribution >= 0.6 is 0 Å². The molecule has 54 heavy (non-hydrogen) atoms. The van der Waals surface area contributed by atoms with E-state index in [9.17, 15) is 27.6 Å². The largest absolute Gasteiger partial charge is 0.497 e. The van der Waals surface area contributed by atoms with Crippen LogP contribution in [0.2, 0.25) is 0 Å². The van der Waals surface area contributed by atoms with E-state index >= 15 is 0 Å². The number of methoxy groups -OCH3 is 1. The van der Waals surface area contributed by atoms with Gasteiger partial charge < -0.3 is 29.7 Å². The van der Waals surface area contributed by atoms with Crippen molar-refractivity contribution < 1.29 is 41.8 Å². The third-order valence-electron chi connectivity index (χ3n) is 10.1. The number of aromatic nitrogens is 1. The van der Waals surface area contributed by atoms with Crippen LogP contribution in [0, 0.1) is 5.92 Å². The average molecular weight is 764 g/mol. The second kappa shape index (κ2) is 15.1. The van der Waals surface area contributed by atoms with E-state index in [1.165, 1.54) is 4.90 Å². The van der Waals surface area contributed by atoms with Gasteiger partial charge in [0.05, 0.1) is 30.1 Å². The van der Waals surface area contributed by atoms with Crippen molar-refractivity contribution in [1.29, 1.82) is 0 Å². The number of pyridine rings is 1. The Bertz CT molecular complexity index is 2030. The summed E-state index contributed by atoms with van der Waals surface area (Å²) in [4.78, 5) is 61.2. The van der Waals surface area contributed by atoms with Crippen LogP contribution in [0.15, 0.2) is 54.6 Å². The molecule has 0 spiro atoms. The Morgan fingerprint density at radius 1 is 1.04 bits per heavy atom. The molecule has 0 bridgehead atoms. The number of nitrogens with one attached hydrogen (secondary N) is 3. The highest BCUT2D eigenvalue weighted by Crippen LogP contribution is 2.39. The van der Waals surface area contributed by atoms with Crippen molar-refractivity contribution in [3.05, 3.63) is 54.6 Å². The fraction of sp³-hybridized carbons (Fsp3) is 0.513. The van der Waals surface area contributed by atoms with Crippen LogP contribution < -0.4 is 24.8 Å². The maximum Gasteiger partial charge on any atom is 0.408 e. The first-order valence-electron chi connectivity index (χ1n) is 18.4. The Morgan fingerprint density at radius 2 is 1.74 bits per heavy atom. The SMILES string of the molecule is CC[C@H](C)[C@H](NC(=O)OC(C)(C)C)C(=O)N1C[C@H](Oc2cc(-c3ccccc3)nc3cc(OC)ccc23)C[C@H]1C(=O)NC1(C(=O)NS(=O)(=O)C2CC2)CC1. The number of carbonyl (C=O) groups excluding carboxylic acids is 4. The molecule has 290 valence electrons. The van der Waals surface area contributed by atoms with Crippen LogP contribution in [0.1, 0.15) is 73.1 Å². The lowest BCUT2D eigenvalue weighted by Crippen LogP contribution is -2.58. The van der Waals surface area contributed by atoms with Crippen LogP contribution in [0.25, 0.3) is 22.2 Å². The van der Waals surface area contributed by atoms with Crippen molar-refractivity contribution in [3.63, 3.8) is 0 Å². The molecule has 1 aromatic heterocycles. The molecule has 3 aliphatic rings. The number of benzene rings is 2. The summed E-state index contributed by atoms with van der Waals surface area (Å²) in [7, 11) is -2.28. The number of rotatable bonds is 13. The number of hydrogen-bond donors (Lipinski definition) is 3. The zero-order valence-electron chi connectivity index (χ0n) is 31.5. The topological polar surface area (TPSA) is 182 Å². The van der Waals surface area contributed by atoms with Crippen molar-refractivity contribution in [2.24, 2.45) is 5.92 Å². The van der Waals surface area contributed by atoms with Gasteiger partial charge in [-0.15, -0.1) is 0 Å². The lowest BCUT2D eigenvalue weighted by atomic mass is 9.97. The van der Waals surface area contributed by atoms with Crippen molar-refractivity contribution in [2.75, 3.05) is 13.7 Å². The fourth-order valence-corrected chi connectivity index (χ4v) is 7.93. The molecule has 14 nitrogen and oxygen atoms in total. The van der Waals surface area contributed by atoms with Gasteiger partial charge in [0.25, 0.3) is 5.91 Å². The third-order valence-corrected chi connectivity index (χ3v) is 11.9. The number of amides is 4. The highest BCUT2D eigenvalue weighted by Gasteiger charge is 2.55. The molecule has 3 N–H and O–H groups in total. The molecule has 3 aromatic rings. The van der Waals surface area contributed by atoms with E-state index < -0.39 is 68.4 Å². The Morgan fingerprint density at radius 3 is 2.35 bits per heavy atom. The summed E-state index contributed by atoms with van der Waals surface area (Å²) in [6.45, 7) is 8.85. The van der Waals surface area contributed by atoms with E-state index in [0.29, 0.717) is 47.4 Å². The molecular weight excluding hydrogens is 715 g/mol. The van der Waals surface area contributed by atoms with Gasteiger partial charge in [-0.3, -0.25) is 19.1 Å². The first kappa shape index (κ1) is 38.8. The van der Waals surface area contributed by atoms with E-state index in [0.717, 1.165) is 5.56 Å². The standard InChI is InChI=1S/C39H49N5O9S/c1-7-23(2)33(41-37(48)53-38(3,4)5)35(46)44-22-26(20-31(44)34(45)42-39(17-18-39)36(47)43-54(49,50)27-14-15-27)52-32-21-29(24-11-9-8-10-12-24)40-30-19-25(51-6)13-16-28(30)32/h8-13,16,19,21,23,26-27,31,33H,7,14-15,17-18,20,22H2,1-6H3,(H,41,48)(H,42,45)(H,43,47)/t23-,26+,31-,33-/m0/s1. The first-order valence-corrected chi connectivity index (χ1v) is 20.0. The second-order valence-electron chi connectivity index (χ2n) is 15.5. The maximum atomic E-state index is 14.5. The van der Waals surface area contributed by atoms with Gasteiger partial charge in [-0.05, 0) is 64.5 Å². The average Bonchev–Trinajstić information content (AvgIpc) is 4.07. The minimum atomic E-state index is -3.85. The zero-order chi connectivity index (χ0) is 39.0. The fourth-order valence-electron chi connectivity index (χ4n) is 6.55. The van der Waals surface area contributed by atoms with E-state index in [4.69, 9.17) is 19.2 Å². The number of alkyl carbamates (subject to hydrolysis) is 1. The second-order valence-corrected chi connectivity index (χ2v) is 17.5. The van der Waals surface area contributed by atoms with E-state index in [1.807, 2.05) is 56.3 Å². The summed E-state index contributed by atoms with van der Waals surface area (Å²) < 4.78 is 44.9. The molecule has 4 atom stereocenters.